The van der Waals surface area contributed by atoms with Crippen LogP contribution in [0.2, 0.25) is 0 Å². The zero-order valence-electron chi connectivity index (χ0n) is 30.1. The molecule has 2 aliphatic rings. The molecule has 1 aliphatic heterocycles. The van der Waals surface area contributed by atoms with E-state index >= 15 is 0 Å². The van der Waals surface area contributed by atoms with Crippen molar-refractivity contribution in [2.45, 2.75) is 82.2 Å². The van der Waals surface area contributed by atoms with Crippen LogP contribution < -0.4 is 13.6 Å². The van der Waals surface area contributed by atoms with Crippen molar-refractivity contribution in [2.75, 3.05) is 0 Å². The SMILES string of the molecule is CCCCC1=Cc2c(ccc(-c3ccccc3)c2-c2cc(C(C)(C)C)cc(C(C)(C)C)c2)[CH]1[Zr]([Cl])([Cl])[c]1cccc2c1[SiH2]c1ccccc1-2. The van der Waals surface area contributed by atoms with E-state index in [1.807, 2.05) is 0 Å². The Morgan fingerprint density at radius 3 is 2.00 bits per heavy atom. The molecule has 49 heavy (non-hydrogen) atoms. The molecule has 0 aromatic heterocycles. The van der Waals surface area contributed by atoms with Gasteiger partial charge < -0.3 is 0 Å². The predicted octanol–water partition coefficient (Wildman–Crippen LogP) is 11.1. The number of hydrogen-bond donors (Lipinski definition) is 0. The van der Waals surface area contributed by atoms with Crippen molar-refractivity contribution >= 4 is 46.3 Å². The Morgan fingerprint density at radius 2 is 1.33 bits per heavy atom. The number of hydrogen-bond acceptors (Lipinski definition) is 0. The van der Waals surface area contributed by atoms with E-state index < -0.39 is 27.4 Å². The van der Waals surface area contributed by atoms with E-state index in [1.54, 1.807) is 0 Å². The van der Waals surface area contributed by atoms with Crippen LogP contribution in [0.1, 0.15) is 93.6 Å². The minimum atomic E-state index is -4.12. The first-order valence-electron chi connectivity index (χ1n) is 18.0. The van der Waals surface area contributed by atoms with Crippen LogP contribution in [0.4, 0.5) is 0 Å². The molecule has 0 spiro atoms. The van der Waals surface area contributed by atoms with Crippen LogP contribution in [0.15, 0.2) is 109 Å². The fourth-order valence-corrected chi connectivity index (χ4v) is 24.8. The van der Waals surface area contributed by atoms with Gasteiger partial charge in [-0.25, -0.2) is 0 Å². The molecule has 0 amide bonds. The van der Waals surface area contributed by atoms with E-state index in [0.717, 1.165) is 19.3 Å². The Bertz CT molecular complexity index is 2050. The molecule has 0 N–H and O–H groups in total. The molecule has 0 fully saturated rings. The topological polar surface area (TPSA) is 0 Å². The number of unbranched alkanes of at least 4 members (excludes halogenated alkanes) is 1. The summed E-state index contributed by atoms with van der Waals surface area (Å²) in [4.78, 5) is 0. The van der Waals surface area contributed by atoms with E-state index in [4.69, 9.17) is 17.0 Å². The second-order valence-corrected chi connectivity index (χ2v) is 32.0. The Morgan fingerprint density at radius 1 is 0.673 bits per heavy atom. The van der Waals surface area contributed by atoms with Crippen molar-refractivity contribution in [3.8, 4) is 33.4 Å². The molecule has 0 radical (unpaired) electrons. The summed E-state index contributed by atoms with van der Waals surface area (Å²) >= 11 is -4.12. The number of allylic oxidation sites excluding steroid dienone is 1. The Kier molecular flexibility index (Phi) is 9.45. The van der Waals surface area contributed by atoms with Crippen LogP contribution in [0.25, 0.3) is 39.5 Å². The fraction of sp³-hybridized carbons (Fsp3) is 0.289. The van der Waals surface area contributed by atoms with Gasteiger partial charge in [-0.2, -0.15) is 0 Å². The minimum absolute atomic E-state index is 0.0125. The molecule has 0 saturated heterocycles. The van der Waals surface area contributed by atoms with Gasteiger partial charge >= 0.3 is 311 Å². The number of halogens is 2. The molecule has 0 saturated carbocycles. The zero-order valence-corrected chi connectivity index (χ0v) is 35.4. The van der Waals surface area contributed by atoms with Gasteiger partial charge in [-0.1, -0.05) is 0 Å². The molecule has 7 rings (SSSR count). The van der Waals surface area contributed by atoms with Gasteiger partial charge in [0.25, 0.3) is 0 Å². The summed E-state index contributed by atoms with van der Waals surface area (Å²) in [5, 5.41) is 3.00. The van der Waals surface area contributed by atoms with Crippen LogP contribution in [-0.4, -0.2) is 9.52 Å². The van der Waals surface area contributed by atoms with Crippen LogP contribution in [0, 0.1) is 0 Å². The first kappa shape index (κ1) is 34.9. The number of fused-ring (bicyclic) bond motifs is 4. The maximum absolute atomic E-state index is 8.08. The molecule has 250 valence electrons. The van der Waals surface area contributed by atoms with Gasteiger partial charge in [-0.3, -0.25) is 0 Å². The van der Waals surface area contributed by atoms with Gasteiger partial charge in [0.05, 0.1) is 0 Å². The summed E-state index contributed by atoms with van der Waals surface area (Å²) in [6.07, 6.45) is 5.81. The molecular weight excluding hydrogens is 731 g/mol. The quantitative estimate of drug-likeness (QED) is 0.142. The van der Waals surface area contributed by atoms with Crippen LogP contribution in [0.5, 0.6) is 0 Å². The van der Waals surface area contributed by atoms with Crippen molar-refractivity contribution in [1.29, 1.82) is 0 Å². The average Bonchev–Trinajstić information content (AvgIpc) is 3.65. The van der Waals surface area contributed by atoms with Gasteiger partial charge in [-0.15, -0.1) is 0 Å². The summed E-state index contributed by atoms with van der Waals surface area (Å²) in [7, 11) is 15.5. The predicted molar refractivity (Wildman–Crippen MR) is 216 cm³/mol. The zero-order chi connectivity index (χ0) is 34.7. The average molecular weight is 779 g/mol. The van der Waals surface area contributed by atoms with Crippen molar-refractivity contribution in [3.63, 3.8) is 0 Å². The summed E-state index contributed by atoms with van der Waals surface area (Å²) in [6.45, 7) is 16.3. The normalized spacial score (nSPS) is 16.0. The molecule has 0 bridgehead atoms. The third kappa shape index (κ3) is 6.46. The van der Waals surface area contributed by atoms with Crippen molar-refractivity contribution in [2.24, 2.45) is 0 Å². The third-order valence-corrected chi connectivity index (χ3v) is 25.1. The molecule has 0 nitrogen and oxygen atoms in total. The summed E-state index contributed by atoms with van der Waals surface area (Å²) in [6, 6.07) is 38.7. The molecule has 1 aliphatic carbocycles. The number of rotatable bonds is 7. The van der Waals surface area contributed by atoms with Crippen LogP contribution in [0.3, 0.4) is 0 Å². The second kappa shape index (κ2) is 13.2. The summed E-state index contributed by atoms with van der Waals surface area (Å²) in [5.41, 5.74) is 14.7. The van der Waals surface area contributed by atoms with Crippen LogP contribution >= 0.6 is 17.0 Å². The molecular formula is C45H48Cl2SiZr. The summed E-state index contributed by atoms with van der Waals surface area (Å²) in [5.74, 6) is 0. The fourth-order valence-electron chi connectivity index (χ4n) is 7.97. The van der Waals surface area contributed by atoms with E-state index in [2.05, 4.69) is 158 Å². The van der Waals surface area contributed by atoms with E-state index in [1.165, 1.54) is 74.9 Å². The van der Waals surface area contributed by atoms with Gasteiger partial charge in [0.2, 0.25) is 0 Å². The molecule has 4 heteroatoms. The van der Waals surface area contributed by atoms with Gasteiger partial charge in [-0.05, 0) is 0 Å². The Balaban J connectivity index is 1.48. The van der Waals surface area contributed by atoms with E-state index in [0.29, 0.717) is 0 Å². The third-order valence-electron chi connectivity index (χ3n) is 10.7. The van der Waals surface area contributed by atoms with Crippen molar-refractivity contribution in [3.05, 3.63) is 131 Å². The first-order chi connectivity index (χ1) is 23.3. The summed E-state index contributed by atoms with van der Waals surface area (Å²) < 4.78 is 1.37. The van der Waals surface area contributed by atoms with E-state index in [-0.39, 0.29) is 14.5 Å². The Labute approximate surface area is 308 Å². The van der Waals surface area contributed by atoms with Gasteiger partial charge in [0.15, 0.2) is 0 Å². The second-order valence-electron chi connectivity index (χ2n) is 16.2. The van der Waals surface area contributed by atoms with Crippen molar-refractivity contribution in [1.82, 2.24) is 0 Å². The maximum atomic E-state index is 8.08. The van der Waals surface area contributed by atoms with Crippen molar-refractivity contribution < 1.29 is 17.9 Å². The Hall–Kier alpha value is -2.48. The monoisotopic (exact) mass is 776 g/mol. The van der Waals surface area contributed by atoms with Gasteiger partial charge in [0.1, 0.15) is 0 Å². The standard InChI is InChI=1S/C33H39.C12H9Si.2ClH.Zr/c1-8-9-13-23-18-25-16-17-29(24-14-11-10-12-15-24)31(30(25)19-23)26-20-27(32(2,3)4)22-28(21-26)33(5,6)7;1-3-7-11-9(5-1)10-6-2-4-8-12(10)13-11;;;/h10-12,14-22H,8-9,13H2,1-7H3;1-7H,13H2;2*1H;/q;;;;+2/p-2. The number of benzene rings is 5. The van der Waals surface area contributed by atoms with E-state index in [9.17, 15) is 0 Å². The molecule has 1 unspecified atom stereocenters. The molecule has 5 aromatic rings. The van der Waals surface area contributed by atoms with Gasteiger partial charge in [0, 0.05) is 0 Å². The molecule has 1 heterocycles. The molecule has 1 atom stereocenters. The van der Waals surface area contributed by atoms with Crippen LogP contribution in [-0.2, 0) is 28.7 Å². The molecule has 5 aromatic carbocycles. The first-order valence-corrected chi connectivity index (χ1v) is 28.4.